The summed E-state index contributed by atoms with van der Waals surface area (Å²) in [7, 11) is 0. The molecule has 1 aromatic rings. The van der Waals surface area contributed by atoms with Crippen molar-refractivity contribution in [1.29, 1.82) is 0 Å². The van der Waals surface area contributed by atoms with E-state index in [0.29, 0.717) is 37.9 Å². The van der Waals surface area contributed by atoms with E-state index in [1.807, 2.05) is 4.90 Å². The Morgan fingerprint density at radius 2 is 2.00 bits per heavy atom. The smallest absolute Gasteiger partial charge is 0.389 e. The molecule has 0 saturated carbocycles. The van der Waals surface area contributed by atoms with Gasteiger partial charge in [0.05, 0.1) is 25.4 Å². The highest BCUT2D eigenvalue weighted by Gasteiger charge is 2.37. The first-order valence-corrected chi connectivity index (χ1v) is 8.06. The Labute approximate surface area is 138 Å². The van der Waals surface area contributed by atoms with E-state index in [9.17, 15) is 18.3 Å². The average molecular weight is 346 g/mol. The number of hydrogen-bond donors (Lipinski definition) is 1. The molecule has 1 N–H and O–H groups in total. The average Bonchev–Trinajstić information content (AvgIpc) is 2.95. The van der Waals surface area contributed by atoms with E-state index in [1.54, 1.807) is 0 Å². The maximum absolute atomic E-state index is 12.3. The number of anilines is 1. The van der Waals surface area contributed by atoms with Gasteiger partial charge in [-0.25, -0.2) is 9.97 Å². The van der Waals surface area contributed by atoms with Crippen molar-refractivity contribution >= 4 is 5.95 Å². The molecule has 0 aliphatic carbocycles. The summed E-state index contributed by atoms with van der Waals surface area (Å²) in [6.45, 7) is 3.76. The monoisotopic (exact) mass is 346 g/mol. The van der Waals surface area contributed by atoms with Crippen LogP contribution in [0.5, 0.6) is 0 Å². The maximum Gasteiger partial charge on any atom is 0.389 e. The molecule has 0 amide bonds. The molecule has 0 spiro atoms. The van der Waals surface area contributed by atoms with E-state index in [0.717, 1.165) is 13.1 Å². The predicted octanol–water partition coefficient (Wildman–Crippen LogP) is 0.853. The van der Waals surface area contributed by atoms with Crippen molar-refractivity contribution in [3.8, 4) is 0 Å². The summed E-state index contributed by atoms with van der Waals surface area (Å²) >= 11 is 0. The molecule has 134 valence electrons. The molecule has 3 rings (SSSR count). The summed E-state index contributed by atoms with van der Waals surface area (Å²) in [5.74, 6) is 0.379. The number of aryl methyl sites for hydroxylation is 1. The summed E-state index contributed by atoms with van der Waals surface area (Å²) in [6.07, 6.45) is -4.32. The third-order valence-electron chi connectivity index (χ3n) is 4.42. The molecular weight excluding hydrogens is 325 g/mol. The quantitative estimate of drug-likeness (QED) is 0.872. The highest BCUT2D eigenvalue weighted by Crippen LogP contribution is 2.24. The summed E-state index contributed by atoms with van der Waals surface area (Å²) in [4.78, 5) is 12.4. The molecule has 2 aliphatic rings. The number of halogens is 3. The lowest BCUT2D eigenvalue weighted by molar-refractivity contribution is -0.134. The van der Waals surface area contributed by atoms with E-state index in [4.69, 9.17) is 4.74 Å². The van der Waals surface area contributed by atoms with Gasteiger partial charge in [-0.2, -0.15) is 13.2 Å². The molecule has 6 nitrogen and oxygen atoms in total. The minimum absolute atomic E-state index is 0.0312. The van der Waals surface area contributed by atoms with Crippen molar-refractivity contribution in [3.63, 3.8) is 0 Å². The molecule has 2 fully saturated rings. The normalized spacial score (nSPS) is 26.1. The first-order valence-electron chi connectivity index (χ1n) is 8.06. The molecule has 3 heterocycles. The second-order valence-corrected chi connectivity index (χ2v) is 6.15. The number of morpholine rings is 1. The first kappa shape index (κ1) is 17.4. The van der Waals surface area contributed by atoms with Crippen LogP contribution in [-0.2, 0) is 11.2 Å². The Balaban J connectivity index is 1.64. The maximum atomic E-state index is 12.3. The summed E-state index contributed by atoms with van der Waals surface area (Å²) in [6, 6.07) is 1.47. The third-order valence-corrected chi connectivity index (χ3v) is 4.42. The van der Waals surface area contributed by atoms with E-state index >= 15 is 0 Å². The number of hydrogen-bond acceptors (Lipinski definition) is 6. The Bertz CT molecular complexity index is 552. The standard InChI is InChI=1S/C15H21F3N4O2/c16-15(17,18)3-1-11-2-4-19-14(20-11)22-9-12(13(23)10-22)21-5-7-24-8-6-21/h2,4,12-13,23H,1,3,5-10H2/t12-,13-/m1/s1. The molecule has 24 heavy (non-hydrogen) atoms. The number of β-amino-alcohol motifs (C(OH)–C–C–N with tert-alkyl or cyclic N) is 1. The fourth-order valence-electron chi connectivity index (χ4n) is 3.15. The molecule has 0 bridgehead atoms. The molecule has 1 aromatic heterocycles. The van der Waals surface area contributed by atoms with E-state index in [2.05, 4.69) is 14.9 Å². The largest absolute Gasteiger partial charge is 0.390 e. The highest BCUT2D eigenvalue weighted by atomic mass is 19.4. The van der Waals surface area contributed by atoms with Crippen molar-refractivity contribution in [3.05, 3.63) is 18.0 Å². The Hall–Kier alpha value is -1.45. The molecule has 0 radical (unpaired) electrons. The predicted molar refractivity (Wildman–Crippen MR) is 80.8 cm³/mol. The molecule has 2 aliphatic heterocycles. The lowest BCUT2D eigenvalue weighted by atomic mass is 10.2. The number of aliphatic hydroxyl groups excluding tert-OH is 1. The van der Waals surface area contributed by atoms with Crippen LogP contribution in [0.1, 0.15) is 12.1 Å². The van der Waals surface area contributed by atoms with E-state index in [1.165, 1.54) is 12.3 Å². The van der Waals surface area contributed by atoms with Crippen molar-refractivity contribution < 1.29 is 23.0 Å². The van der Waals surface area contributed by atoms with E-state index in [-0.39, 0.29) is 12.5 Å². The van der Waals surface area contributed by atoms with Gasteiger partial charge in [0, 0.05) is 44.5 Å². The minimum atomic E-state index is -4.20. The molecule has 9 heteroatoms. The summed E-state index contributed by atoms with van der Waals surface area (Å²) < 4.78 is 42.4. The van der Waals surface area contributed by atoms with Gasteiger partial charge < -0.3 is 14.7 Å². The van der Waals surface area contributed by atoms with Gasteiger partial charge in [-0.05, 0) is 12.5 Å². The van der Waals surface area contributed by atoms with Gasteiger partial charge in [0.1, 0.15) is 0 Å². The van der Waals surface area contributed by atoms with Gasteiger partial charge in [-0.3, -0.25) is 4.90 Å². The minimum Gasteiger partial charge on any atom is -0.390 e. The molecule has 0 aromatic carbocycles. The van der Waals surface area contributed by atoms with Crippen LogP contribution < -0.4 is 4.90 Å². The SMILES string of the molecule is O[C@@H]1CN(c2nccc(CCC(F)(F)F)n2)C[C@H]1N1CCOCC1. The first-order chi connectivity index (χ1) is 11.4. The molecular formula is C15H21F3N4O2. The number of alkyl halides is 3. The van der Waals surface area contributed by atoms with Crippen LogP contribution in [-0.4, -0.2) is 77.7 Å². The number of nitrogens with zero attached hydrogens (tertiary/aromatic N) is 4. The number of rotatable bonds is 4. The van der Waals surface area contributed by atoms with Gasteiger partial charge in [-0.15, -0.1) is 0 Å². The number of ether oxygens (including phenoxy) is 1. The van der Waals surface area contributed by atoms with Crippen molar-refractivity contribution in [1.82, 2.24) is 14.9 Å². The third kappa shape index (κ3) is 4.34. The Kier molecular flexibility index (Phi) is 5.21. The topological polar surface area (TPSA) is 61.7 Å². The van der Waals surface area contributed by atoms with Crippen LogP contribution in [0, 0.1) is 0 Å². The van der Waals surface area contributed by atoms with Crippen LogP contribution in [0.4, 0.5) is 19.1 Å². The van der Waals surface area contributed by atoms with Crippen molar-refractivity contribution in [2.45, 2.75) is 31.2 Å². The zero-order valence-corrected chi connectivity index (χ0v) is 13.2. The Morgan fingerprint density at radius 3 is 2.71 bits per heavy atom. The fourth-order valence-corrected chi connectivity index (χ4v) is 3.15. The lowest BCUT2D eigenvalue weighted by Crippen LogP contribution is -2.48. The van der Waals surface area contributed by atoms with Gasteiger partial charge in [0.2, 0.25) is 5.95 Å². The zero-order chi connectivity index (χ0) is 17.2. The number of aromatic nitrogens is 2. The van der Waals surface area contributed by atoms with Crippen molar-refractivity contribution in [2.75, 3.05) is 44.3 Å². The van der Waals surface area contributed by atoms with Crippen LogP contribution in [0.3, 0.4) is 0 Å². The van der Waals surface area contributed by atoms with Crippen LogP contribution >= 0.6 is 0 Å². The van der Waals surface area contributed by atoms with Crippen LogP contribution in [0.2, 0.25) is 0 Å². The molecule has 0 unspecified atom stereocenters. The van der Waals surface area contributed by atoms with Crippen LogP contribution in [0.25, 0.3) is 0 Å². The Morgan fingerprint density at radius 1 is 1.25 bits per heavy atom. The molecule has 2 saturated heterocycles. The number of aliphatic hydroxyl groups is 1. The summed E-state index contributed by atoms with van der Waals surface area (Å²) in [5.41, 5.74) is 0.363. The second-order valence-electron chi connectivity index (χ2n) is 6.15. The van der Waals surface area contributed by atoms with Gasteiger partial charge in [0.25, 0.3) is 0 Å². The fraction of sp³-hybridized carbons (Fsp3) is 0.733. The summed E-state index contributed by atoms with van der Waals surface area (Å²) in [5, 5.41) is 10.3. The lowest BCUT2D eigenvalue weighted by Gasteiger charge is -2.33. The highest BCUT2D eigenvalue weighted by molar-refractivity contribution is 5.34. The van der Waals surface area contributed by atoms with Gasteiger partial charge >= 0.3 is 6.18 Å². The van der Waals surface area contributed by atoms with Crippen LogP contribution in [0.15, 0.2) is 12.3 Å². The second kappa shape index (κ2) is 7.20. The van der Waals surface area contributed by atoms with E-state index < -0.39 is 18.7 Å². The van der Waals surface area contributed by atoms with Gasteiger partial charge in [0.15, 0.2) is 0 Å². The molecule has 2 atom stereocenters. The van der Waals surface area contributed by atoms with Crippen molar-refractivity contribution in [2.24, 2.45) is 0 Å². The zero-order valence-electron chi connectivity index (χ0n) is 13.2. The van der Waals surface area contributed by atoms with Gasteiger partial charge in [-0.1, -0.05) is 0 Å².